The van der Waals surface area contributed by atoms with Crippen LogP contribution in [0, 0.1) is 0 Å². The predicted molar refractivity (Wildman–Crippen MR) is 79.2 cm³/mol. The maximum absolute atomic E-state index is 11.4. The summed E-state index contributed by atoms with van der Waals surface area (Å²) in [5.41, 5.74) is 0.651. The van der Waals surface area contributed by atoms with Crippen molar-refractivity contribution in [2.75, 3.05) is 13.1 Å². The molecule has 0 radical (unpaired) electrons. The van der Waals surface area contributed by atoms with Crippen molar-refractivity contribution >= 4 is 12.3 Å². The third-order valence-corrected chi connectivity index (χ3v) is 2.37. The fraction of sp³-hybridized carbons (Fsp3) is 0.571. The molecule has 1 rings (SSSR count). The molecule has 0 atom stereocenters. The summed E-state index contributed by atoms with van der Waals surface area (Å²) in [6.45, 7) is 11.3. The standard InChI is InChI=1S/C14H24N4O2/c1-5-18-11-12(10-17-18)9-15-7-6-8-16-13(19)20-14(2,3)4/h5,10-11,15H,1,6-9H2,2-4H3,(H,16,19). The number of hydrogen-bond donors (Lipinski definition) is 2. The molecule has 6 nitrogen and oxygen atoms in total. The highest BCUT2D eigenvalue weighted by molar-refractivity contribution is 5.67. The van der Waals surface area contributed by atoms with Crippen LogP contribution >= 0.6 is 0 Å². The van der Waals surface area contributed by atoms with E-state index in [1.54, 1.807) is 17.1 Å². The summed E-state index contributed by atoms with van der Waals surface area (Å²) in [7, 11) is 0. The predicted octanol–water partition coefficient (Wildman–Crippen LogP) is 1.99. The van der Waals surface area contributed by atoms with E-state index in [0.29, 0.717) is 6.54 Å². The molecule has 2 N–H and O–H groups in total. The summed E-state index contributed by atoms with van der Waals surface area (Å²) in [6.07, 6.45) is 5.83. The zero-order chi connectivity index (χ0) is 15.0. The van der Waals surface area contributed by atoms with Crippen molar-refractivity contribution in [1.29, 1.82) is 0 Å². The summed E-state index contributed by atoms with van der Waals surface area (Å²) in [5.74, 6) is 0. The first kappa shape index (κ1) is 16.2. The van der Waals surface area contributed by atoms with Crippen LogP contribution in [0.1, 0.15) is 32.8 Å². The number of carbonyl (C=O) groups excluding carboxylic acids is 1. The van der Waals surface area contributed by atoms with E-state index in [1.807, 2.05) is 27.0 Å². The van der Waals surface area contributed by atoms with Crippen LogP contribution in [-0.4, -0.2) is 34.6 Å². The number of amides is 1. The van der Waals surface area contributed by atoms with Crippen LogP contribution < -0.4 is 10.6 Å². The van der Waals surface area contributed by atoms with Gasteiger partial charge in [-0.1, -0.05) is 6.58 Å². The minimum Gasteiger partial charge on any atom is -0.444 e. The SMILES string of the molecule is C=Cn1cc(CNCCCNC(=O)OC(C)(C)C)cn1. The van der Waals surface area contributed by atoms with Crippen LogP contribution in [0.2, 0.25) is 0 Å². The number of aromatic nitrogens is 2. The van der Waals surface area contributed by atoms with E-state index in [0.717, 1.165) is 25.1 Å². The number of hydrogen-bond acceptors (Lipinski definition) is 4. The van der Waals surface area contributed by atoms with E-state index in [1.165, 1.54) is 0 Å². The van der Waals surface area contributed by atoms with E-state index in [2.05, 4.69) is 22.3 Å². The van der Waals surface area contributed by atoms with Gasteiger partial charge in [0.05, 0.1) is 6.20 Å². The Balaban J connectivity index is 2.05. The fourth-order valence-corrected chi connectivity index (χ4v) is 1.52. The average Bonchev–Trinajstić information content (AvgIpc) is 2.79. The molecule has 0 spiro atoms. The molecule has 0 aromatic carbocycles. The molecule has 0 bridgehead atoms. The van der Waals surface area contributed by atoms with E-state index in [4.69, 9.17) is 4.74 Å². The van der Waals surface area contributed by atoms with Crippen LogP contribution in [-0.2, 0) is 11.3 Å². The fourth-order valence-electron chi connectivity index (χ4n) is 1.52. The van der Waals surface area contributed by atoms with Crippen molar-refractivity contribution in [2.24, 2.45) is 0 Å². The Bertz CT molecular complexity index is 435. The number of alkyl carbamates (subject to hydrolysis) is 1. The number of nitrogens with one attached hydrogen (secondary N) is 2. The highest BCUT2D eigenvalue weighted by atomic mass is 16.6. The molecule has 112 valence electrons. The molecule has 1 aromatic heterocycles. The van der Waals surface area contributed by atoms with Crippen LogP contribution in [0.4, 0.5) is 4.79 Å². The molecule has 0 aliphatic heterocycles. The summed E-state index contributed by atoms with van der Waals surface area (Å²) < 4.78 is 6.81. The van der Waals surface area contributed by atoms with Crippen molar-refractivity contribution in [3.63, 3.8) is 0 Å². The third kappa shape index (κ3) is 6.94. The van der Waals surface area contributed by atoms with Gasteiger partial charge < -0.3 is 15.4 Å². The van der Waals surface area contributed by atoms with Crippen LogP contribution in [0.25, 0.3) is 6.20 Å². The molecule has 0 saturated heterocycles. The quantitative estimate of drug-likeness (QED) is 0.749. The molecule has 1 amide bonds. The topological polar surface area (TPSA) is 68.2 Å². The summed E-state index contributed by atoms with van der Waals surface area (Å²) in [4.78, 5) is 11.4. The molecular weight excluding hydrogens is 256 g/mol. The number of ether oxygens (including phenoxy) is 1. The van der Waals surface area contributed by atoms with Crippen molar-refractivity contribution in [2.45, 2.75) is 39.3 Å². The highest BCUT2D eigenvalue weighted by Gasteiger charge is 2.15. The van der Waals surface area contributed by atoms with Gasteiger partial charge in [0.2, 0.25) is 0 Å². The average molecular weight is 280 g/mol. The first-order chi connectivity index (χ1) is 9.40. The van der Waals surface area contributed by atoms with Crippen molar-refractivity contribution in [3.05, 3.63) is 24.5 Å². The van der Waals surface area contributed by atoms with Gasteiger partial charge in [0.1, 0.15) is 5.60 Å². The Kier molecular flexibility index (Phi) is 6.24. The van der Waals surface area contributed by atoms with Gasteiger partial charge in [-0.25, -0.2) is 9.48 Å². The molecule has 0 unspecified atom stereocenters. The summed E-state index contributed by atoms with van der Waals surface area (Å²) in [5, 5.41) is 10.1. The van der Waals surface area contributed by atoms with E-state index >= 15 is 0 Å². The molecule has 6 heteroatoms. The summed E-state index contributed by atoms with van der Waals surface area (Å²) in [6, 6.07) is 0. The minimum atomic E-state index is -0.451. The lowest BCUT2D eigenvalue weighted by atomic mass is 10.2. The molecule has 20 heavy (non-hydrogen) atoms. The molecule has 0 aliphatic rings. The maximum atomic E-state index is 11.4. The molecule has 0 fully saturated rings. The molecule has 0 aliphatic carbocycles. The monoisotopic (exact) mass is 280 g/mol. The number of rotatable bonds is 7. The smallest absolute Gasteiger partial charge is 0.407 e. The minimum absolute atomic E-state index is 0.371. The van der Waals surface area contributed by atoms with Crippen LogP contribution in [0.3, 0.4) is 0 Å². The highest BCUT2D eigenvalue weighted by Crippen LogP contribution is 2.06. The van der Waals surface area contributed by atoms with Gasteiger partial charge in [0.25, 0.3) is 0 Å². The van der Waals surface area contributed by atoms with Gasteiger partial charge in [-0.05, 0) is 33.7 Å². The van der Waals surface area contributed by atoms with E-state index in [-0.39, 0.29) is 6.09 Å². The Morgan fingerprint density at radius 1 is 1.50 bits per heavy atom. The van der Waals surface area contributed by atoms with Crippen LogP contribution in [0.5, 0.6) is 0 Å². The zero-order valence-electron chi connectivity index (χ0n) is 12.5. The Morgan fingerprint density at radius 2 is 2.25 bits per heavy atom. The third-order valence-electron chi connectivity index (χ3n) is 2.37. The maximum Gasteiger partial charge on any atom is 0.407 e. The van der Waals surface area contributed by atoms with E-state index < -0.39 is 5.60 Å². The second kappa shape index (κ2) is 7.69. The van der Waals surface area contributed by atoms with Crippen LogP contribution in [0.15, 0.2) is 19.0 Å². The summed E-state index contributed by atoms with van der Waals surface area (Å²) >= 11 is 0. The van der Waals surface area contributed by atoms with Gasteiger partial charge in [-0.2, -0.15) is 5.10 Å². The van der Waals surface area contributed by atoms with Gasteiger partial charge in [-0.15, -0.1) is 0 Å². The van der Waals surface area contributed by atoms with Gasteiger partial charge in [-0.3, -0.25) is 0 Å². The van der Waals surface area contributed by atoms with Gasteiger partial charge >= 0.3 is 6.09 Å². The lowest BCUT2D eigenvalue weighted by molar-refractivity contribution is 0.0527. The van der Waals surface area contributed by atoms with Crippen molar-refractivity contribution in [3.8, 4) is 0 Å². The number of nitrogens with zero attached hydrogens (tertiary/aromatic N) is 2. The normalized spacial score (nSPS) is 11.2. The van der Waals surface area contributed by atoms with Crippen molar-refractivity contribution in [1.82, 2.24) is 20.4 Å². The molecule has 0 saturated carbocycles. The zero-order valence-corrected chi connectivity index (χ0v) is 12.5. The van der Waals surface area contributed by atoms with Gasteiger partial charge in [0, 0.05) is 31.0 Å². The molecular formula is C14H24N4O2. The second-order valence-corrected chi connectivity index (χ2v) is 5.47. The lowest BCUT2D eigenvalue weighted by Crippen LogP contribution is -2.33. The first-order valence-electron chi connectivity index (χ1n) is 6.74. The molecule has 1 aromatic rings. The number of carbonyl (C=O) groups is 1. The van der Waals surface area contributed by atoms with E-state index in [9.17, 15) is 4.79 Å². The lowest BCUT2D eigenvalue weighted by Gasteiger charge is -2.19. The Morgan fingerprint density at radius 3 is 2.85 bits per heavy atom. The second-order valence-electron chi connectivity index (χ2n) is 5.47. The first-order valence-corrected chi connectivity index (χ1v) is 6.74. The largest absolute Gasteiger partial charge is 0.444 e. The van der Waals surface area contributed by atoms with Gasteiger partial charge in [0.15, 0.2) is 0 Å². The molecule has 1 heterocycles. The Labute approximate surface area is 120 Å². The Hall–Kier alpha value is -1.82. The van der Waals surface area contributed by atoms with Crippen molar-refractivity contribution < 1.29 is 9.53 Å².